The molecule has 2 amide bonds. The molecule has 1 fully saturated rings. The summed E-state index contributed by atoms with van der Waals surface area (Å²) in [5.74, 6) is -0.778. The minimum atomic E-state index is -0.571. The molecule has 1 saturated heterocycles. The number of aromatic nitrogens is 3. The lowest BCUT2D eigenvalue weighted by atomic mass is 10.1. The third-order valence-electron chi connectivity index (χ3n) is 5.01. The number of aryl methyl sites for hydroxylation is 2. The van der Waals surface area contributed by atoms with E-state index >= 15 is 0 Å². The predicted octanol–water partition coefficient (Wildman–Crippen LogP) is 1.95. The number of rotatable bonds is 4. The van der Waals surface area contributed by atoms with Gasteiger partial charge in [-0.1, -0.05) is 12.1 Å². The lowest BCUT2D eigenvalue weighted by Crippen LogP contribution is -2.41. The number of carbonyl (C=O) groups is 2. The number of benzene rings is 1. The van der Waals surface area contributed by atoms with Crippen LogP contribution in [0, 0.1) is 12.7 Å². The van der Waals surface area contributed by atoms with Crippen molar-refractivity contribution in [1.82, 2.24) is 25.0 Å². The van der Waals surface area contributed by atoms with Crippen LogP contribution >= 0.6 is 0 Å². The summed E-state index contributed by atoms with van der Waals surface area (Å²) in [7, 11) is 1.80. The number of nitrogens with one attached hydrogen (secondary N) is 1. The van der Waals surface area contributed by atoms with Crippen molar-refractivity contribution in [2.24, 2.45) is 7.05 Å². The van der Waals surface area contributed by atoms with Crippen LogP contribution in [0.2, 0.25) is 0 Å². The molecule has 0 saturated carbocycles. The van der Waals surface area contributed by atoms with Gasteiger partial charge < -0.3 is 10.2 Å². The number of likely N-dealkylation sites (tertiary alicyclic amines) is 1. The van der Waals surface area contributed by atoms with Gasteiger partial charge in [0.1, 0.15) is 11.9 Å². The number of nitrogens with zero attached hydrogens (tertiary/aromatic N) is 4. The van der Waals surface area contributed by atoms with Crippen LogP contribution < -0.4 is 5.32 Å². The number of fused-ring (bicyclic) bond motifs is 1. The van der Waals surface area contributed by atoms with Gasteiger partial charge in [-0.2, -0.15) is 5.10 Å². The molecule has 0 aliphatic carbocycles. The molecule has 8 heteroatoms. The van der Waals surface area contributed by atoms with E-state index in [0.717, 1.165) is 16.6 Å². The van der Waals surface area contributed by atoms with Crippen molar-refractivity contribution >= 4 is 22.8 Å². The van der Waals surface area contributed by atoms with Crippen LogP contribution in [0.15, 0.2) is 36.5 Å². The van der Waals surface area contributed by atoms with Gasteiger partial charge in [0.25, 0.3) is 5.91 Å². The summed E-state index contributed by atoms with van der Waals surface area (Å²) in [6.07, 6.45) is 2.03. The smallest absolute Gasteiger partial charge is 0.253 e. The van der Waals surface area contributed by atoms with Gasteiger partial charge >= 0.3 is 0 Å². The second-order valence-electron chi connectivity index (χ2n) is 7.01. The van der Waals surface area contributed by atoms with Crippen LogP contribution in [-0.2, 0) is 18.4 Å². The molecule has 1 N–H and O–H groups in total. The number of carbonyl (C=O) groups excluding carboxylic acids is 2. The molecular weight excluding hydrogens is 361 g/mol. The molecule has 1 aromatic carbocycles. The number of pyridine rings is 1. The first kappa shape index (κ1) is 18.1. The van der Waals surface area contributed by atoms with Crippen LogP contribution in [0.3, 0.4) is 0 Å². The van der Waals surface area contributed by atoms with Crippen LogP contribution in [0.5, 0.6) is 0 Å². The first-order valence-electron chi connectivity index (χ1n) is 9.06. The summed E-state index contributed by atoms with van der Waals surface area (Å²) in [4.78, 5) is 31.2. The van der Waals surface area contributed by atoms with Gasteiger partial charge in [0, 0.05) is 31.7 Å². The predicted molar refractivity (Wildman–Crippen MR) is 101 cm³/mol. The Bertz CT molecular complexity index is 1060. The van der Waals surface area contributed by atoms with Crippen LogP contribution in [-0.4, -0.2) is 44.1 Å². The minimum Gasteiger partial charge on any atom is -0.340 e. The highest BCUT2D eigenvalue weighted by Gasteiger charge is 2.33. The van der Waals surface area contributed by atoms with E-state index in [9.17, 15) is 14.0 Å². The van der Waals surface area contributed by atoms with E-state index in [4.69, 9.17) is 0 Å². The maximum Gasteiger partial charge on any atom is 0.253 e. The highest BCUT2D eigenvalue weighted by atomic mass is 19.1. The monoisotopic (exact) mass is 381 g/mol. The van der Waals surface area contributed by atoms with E-state index in [-0.39, 0.29) is 17.6 Å². The minimum absolute atomic E-state index is 0.135. The Labute approximate surface area is 161 Å². The van der Waals surface area contributed by atoms with Gasteiger partial charge in [0.05, 0.1) is 11.3 Å². The summed E-state index contributed by atoms with van der Waals surface area (Å²) in [5.41, 5.74) is 2.75. The van der Waals surface area contributed by atoms with Crippen molar-refractivity contribution < 1.29 is 14.0 Å². The SMILES string of the molecule is Cc1nn(C)c2ncc(C(=O)N[C@H]3CCN(Cc4ccc(F)cc4)C3=O)cc12. The second-order valence-corrected chi connectivity index (χ2v) is 7.01. The third-order valence-corrected chi connectivity index (χ3v) is 5.01. The number of hydrogen-bond donors (Lipinski definition) is 1. The van der Waals surface area contributed by atoms with Crippen molar-refractivity contribution in [3.63, 3.8) is 0 Å². The molecule has 0 unspecified atom stereocenters. The van der Waals surface area contributed by atoms with Gasteiger partial charge in [-0.15, -0.1) is 0 Å². The Morgan fingerprint density at radius 1 is 1.32 bits per heavy atom. The molecule has 4 rings (SSSR count). The molecule has 3 heterocycles. The van der Waals surface area contributed by atoms with E-state index in [1.165, 1.54) is 18.3 Å². The zero-order chi connectivity index (χ0) is 19.8. The third kappa shape index (κ3) is 3.33. The average Bonchev–Trinajstić information content (AvgIpc) is 3.16. The quantitative estimate of drug-likeness (QED) is 0.749. The molecule has 7 nitrogen and oxygen atoms in total. The summed E-state index contributed by atoms with van der Waals surface area (Å²) in [6, 6.07) is 7.24. The Balaban J connectivity index is 1.44. The summed E-state index contributed by atoms with van der Waals surface area (Å²) >= 11 is 0. The molecular formula is C20H20FN5O2. The van der Waals surface area contributed by atoms with Crippen LogP contribution in [0.25, 0.3) is 11.0 Å². The lowest BCUT2D eigenvalue weighted by molar-refractivity contribution is -0.129. The average molecular weight is 381 g/mol. The van der Waals surface area contributed by atoms with Crippen molar-refractivity contribution in [2.75, 3.05) is 6.54 Å². The van der Waals surface area contributed by atoms with E-state index in [1.807, 2.05) is 6.92 Å². The maximum absolute atomic E-state index is 13.0. The first-order valence-corrected chi connectivity index (χ1v) is 9.06. The number of amides is 2. The molecule has 144 valence electrons. The van der Waals surface area contributed by atoms with E-state index in [2.05, 4.69) is 15.4 Å². The topological polar surface area (TPSA) is 80.1 Å². The van der Waals surface area contributed by atoms with Crippen molar-refractivity contribution in [2.45, 2.75) is 25.9 Å². The van der Waals surface area contributed by atoms with E-state index in [0.29, 0.717) is 30.7 Å². The Hall–Kier alpha value is -3.29. The highest BCUT2D eigenvalue weighted by Crippen LogP contribution is 2.18. The Morgan fingerprint density at radius 2 is 2.07 bits per heavy atom. The maximum atomic E-state index is 13.0. The molecule has 1 aliphatic heterocycles. The molecule has 1 atom stereocenters. The fraction of sp³-hybridized carbons (Fsp3) is 0.300. The largest absolute Gasteiger partial charge is 0.340 e. The number of halogens is 1. The summed E-state index contributed by atoms with van der Waals surface area (Å²) < 4.78 is 14.7. The molecule has 2 aromatic heterocycles. The molecule has 0 spiro atoms. The van der Waals surface area contributed by atoms with Gasteiger partial charge in [-0.25, -0.2) is 9.37 Å². The van der Waals surface area contributed by atoms with Crippen LogP contribution in [0.4, 0.5) is 4.39 Å². The number of hydrogen-bond acceptors (Lipinski definition) is 4. The fourth-order valence-corrected chi connectivity index (χ4v) is 3.51. The van der Waals surface area contributed by atoms with Crippen molar-refractivity contribution in [3.8, 4) is 0 Å². The van der Waals surface area contributed by atoms with E-state index < -0.39 is 6.04 Å². The van der Waals surface area contributed by atoms with Crippen molar-refractivity contribution in [3.05, 3.63) is 59.2 Å². The van der Waals surface area contributed by atoms with Gasteiger partial charge in [-0.05, 0) is 37.1 Å². The fourth-order valence-electron chi connectivity index (χ4n) is 3.51. The summed E-state index contributed by atoms with van der Waals surface area (Å²) in [5, 5.41) is 7.91. The van der Waals surface area contributed by atoms with Gasteiger partial charge in [0.15, 0.2) is 5.65 Å². The summed E-state index contributed by atoms with van der Waals surface area (Å²) in [6.45, 7) is 2.80. The molecule has 28 heavy (non-hydrogen) atoms. The van der Waals surface area contributed by atoms with E-state index in [1.54, 1.807) is 34.8 Å². The molecule has 3 aromatic rings. The normalized spacial score (nSPS) is 16.8. The van der Waals surface area contributed by atoms with Crippen LogP contribution in [0.1, 0.15) is 28.0 Å². The first-order chi connectivity index (χ1) is 13.4. The van der Waals surface area contributed by atoms with Gasteiger partial charge in [0.2, 0.25) is 5.91 Å². The molecule has 0 radical (unpaired) electrons. The highest BCUT2D eigenvalue weighted by molar-refractivity contribution is 6.00. The Morgan fingerprint density at radius 3 is 2.82 bits per heavy atom. The zero-order valence-corrected chi connectivity index (χ0v) is 15.6. The lowest BCUT2D eigenvalue weighted by Gasteiger charge is -2.17. The second kappa shape index (κ2) is 7.03. The standard InChI is InChI=1S/C20H20FN5O2/c1-12-16-9-14(10-22-18(16)25(2)24-12)19(27)23-17-7-8-26(20(17)28)11-13-3-5-15(21)6-4-13/h3-6,9-10,17H,7-8,11H2,1-2H3,(H,23,27)/t17-/m0/s1. The zero-order valence-electron chi connectivity index (χ0n) is 15.6. The van der Waals surface area contributed by atoms with Gasteiger partial charge in [-0.3, -0.25) is 14.3 Å². The Kier molecular flexibility index (Phi) is 4.54. The molecule has 1 aliphatic rings. The van der Waals surface area contributed by atoms with Crippen molar-refractivity contribution in [1.29, 1.82) is 0 Å². The molecule has 0 bridgehead atoms.